The second kappa shape index (κ2) is 8.24. The molecule has 3 rings (SSSR count). The number of nitrogens with one attached hydrogen (secondary N) is 1. The van der Waals surface area contributed by atoms with Crippen LogP contribution in [0.5, 0.6) is 0 Å². The maximum atomic E-state index is 6.29. The number of anilines is 2. The number of halogens is 1. The van der Waals surface area contributed by atoms with Gasteiger partial charge in [0.2, 0.25) is 0 Å². The first-order valence-electron chi connectivity index (χ1n) is 7.99. The van der Waals surface area contributed by atoms with Crippen LogP contribution >= 0.6 is 23.4 Å². The molecule has 126 valence electrons. The SMILES string of the molecule is CN=C(Sc1ccc(C)cc1)c1ccccc1Nc1ccccc1Cl. The lowest BCUT2D eigenvalue weighted by atomic mass is 10.2. The third-order valence-electron chi connectivity index (χ3n) is 3.74. The molecule has 0 bridgehead atoms. The first-order valence-corrected chi connectivity index (χ1v) is 9.19. The van der Waals surface area contributed by atoms with E-state index in [0.717, 1.165) is 22.0 Å². The summed E-state index contributed by atoms with van der Waals surface area (Å²) >= 11 is 7.94. The van der Waals surface area contributed by atoms with Crippen molar-refractivity contribution >= 4 is 39.8 Å². The molecule has 1 N–H and O–H groups in total. The molecule has 2 nitrogen and oxygen atoms in total. The Labute approximate surface area is 158 Å². The van der Waals surface area contributed by atoms with E-state index in [4.69, 9.17) is 11.6 Å². The predicted molar refractivity (Wildman–Crippen MR) is 111 cm³/mol. The van der Waals surface area contributed by atoms with Gasteiger partial charge in [0.15, 0.2) is 0 Å². The van der Waals surface area contributed by atoms with Crippen molar-refractivity contribution in [3.05, 3.63) is 88.9 Å². The fourth-order valence-corrected chi connectivity index (χ4v) is 3.48. The van der Waals surface area contributed by atoms with Gasteiger partial charge in [-0.25, -0.2) is 0 Å². The Morgan fingerprint density at radius 2 is 1.52 bits per heavy atom. The molecule has 0 heterocycles. The van der Waals surface area contributed by atoms with Crippen molar-refractivity contribution in [2.75, 3.05) is 12.4 Å². The Kier molecular flexibility index (Phi) is 5.79. The van der Waals surface area contributed by atoms with Crippen molar-refractivity contribution in [2.24, 2.45) is 4.99 Å². The summed E-state index contributed by atoms with van der Waals surface area (Å²) in [5.74, 6) is 0. The molecule has 0 aliphatic heterocycles. The molecule has 4 heteroatoms. The number of nitrogens with zero attached hydrogens (tertiary/aromatic N) is 1. The summed E-state index contributed by atoms with van der Waals surface area (Å²) in [4.78, 5) is 5.67. The van der Waals surface area contributed by atoms with Crippen LogP contribution in [0.4, 0.5) is 11.4 Å². The van der Waals surface area contributed by atoms with Crippen molar-refractivity contribution in [3.8, 4) is 0 Å². The Hall–Kier alpha value is -2.23. The summed E-state index contributed by atoms with van der Waals surface area (Å²) in [7, 11) is 1.82. The van der Waals surface area contributed by atoms with Gasteiger partial charge in [-0.05, 0) is 37.3 Å². The first-order chi connectivity index (χ1) is 12.2. The molecule has 0 amide bonds. The standard InChI is InChI=1S/C21H19ClN2S/c1-15-11-13-16(14-12-15)25-21(23-2)17-7-3-5-9-19(17)24-20-10-6-4-8-18(20)22/h3-14,24H,1-2H3. The summed E-state index contributed by atoms with van der Waals surface area (Å²) in [6.45, 7) is 2.09. The molecular formula is C21H19ClN2S. The lowest BCUT2D eigenvalue weighted by molar-refractivity contribution is 1.38. The molecule has 3 aromatic carbocycles. The van der Waals surface area contributed by atoms with Gasteiger partial charge in [-0.3, -0.25) is 4.99 Å². The molecule has 3 aromatic rings. The van der Waals surface area contributed by atoms with E-state index in [-0.39, 0.29) is 0 Å². The van der Waals surface area contributed by atoms with E-state index in [1.54, 1.807) is 11.8 Å². The molecular weight excluding hydrogens is 348 g/mol. The zero-order valence-corrected chi connectivity index (χ0v) is 15.7. The van der Waals surface area contributed by atoms with Gasteiger partial charge >= 0.3 is 0 Å². The molecule has 0 fully saturated rings. The van der Waals surface area contributed by atoms with Crippen LogP contribution in [0.25, 0.3) is 0 Å². The van der Waals surface area contributed by atoms with Crippen molar-refractivity contribution < 1.29 is 0 Å². The van der Waals surface area contributed by atoms with Crippen LogP contribution in [-0.2, 0) is 0 Å². The minimum atomic E-state index is 0.693. The Morgan fingerprint density at radius 3 is 2.20 bits per heavy atom. The quantitative estimate of drug-likeness (QED) is 0.321. The third kappa shape index (κ3) is 4.44. The number of aliphatic imine (C=N–C) groups is 1. The largest absolute Gasteiger partial charge is 0.354 e. The van der Waals surface area contributed by atoms with Crippen LogP contribution < -0.4 is 5.32 Å². The van der Waals surface area contributed by atoms with E-state index in [9.17, 15) is 0 Å². The van der Waals surface area contributed by atoms with E-state index in [0.29, 0.717) is 5.02 Å². The highest BCUT2D eigenvalue weighted by Crippen LogP contribution is 2.31. The molecule has 0 saturated carbocycles. The molecule has 0 aliphatic carbocycles. The van der Waals surface area contributed by atoms with E-state index < -0.39 is 0 Å². The number of aryl methyl sites for hydroxylation is 1. The third-order valence-corrected chi connectivity index (χ3v) is 5.17. The topological polar surface area (TPSA) is 24.4 Å². The number of rotatable bonds is 4. The molecule has 0 spiro atoms. The average Bonchev–Trinajstić information content (AvgIpc) is 2.64. The van der Waals surface area contributed by atoms with Gasteiger partial charge in [0.05, 0.1) is 10.7 Å². The van der Waals surface area contributed by atoms with Gasteiger partial charge in [0.1, 0.15) is 5.04 Å². The first kappa shape index (κ1) is 17.6. The van der Waals surface area contributed by atoms with Crippen molar-refractivity contribution in [3.63, 3.8) is 0 Å². The van der Waals surface area contributed by atoms with Crippen molar-refractivity contribution in [1.82, 2.24) is 0 Å². The van der Waals surface area contributed by atoms with Crippen LogP contribution in [0, 0.1) is 6.92 Å². The number of hydrogen-bond donors (Lipinski definition) is 1. The zero-order chi connectivity index (χ0) is 17.6. The lowest BCUT2D eigenvalue weighted by Crippen LogP contribution is -2.02. The van der Waals surface area contributed by atoms with Crippen LogP contribution in [0.15, 0.2) is 82.7 Å². The summed E-state index contributed by atoms with van der Waals surface area (Å²) < 4.78 is 0. The molecule has 0 aromatic heterocycles. The van der Waals surface area contributed by atoms with Gasteiger partial charge in [-0.2, -0.15) is 0 Å². The second-order valence-corrected chi connectivity index (χ2v) is 7.06. The van der Waals surface area contributed by atoms with E-state index in [2.05, 4.69) is 47.6 Å². The van der Waals surface area contributed by atoms with Crippen molar-refractivity contribution in [2.45, 2.75) is 11.8 Å². The summed E-state index contributed by atoms with van der Waals surface area (Å²) in [5, 5.41) is 5.07. The molecule has 0 atom stereocenters. The van der Waals surface area contributed by atoms with Gasteiger partial charge < -0.3 is 5.32 Å². The zero-order valence-electron chi connectivity index (χ0n) is 14.2. The van der Waals surface area contributed by atoms with Gasteiger partial charge in [0, 0.05) is 23.2 Å². The molecule has 0 unspecified atom stereocenters. The Morgan fingerprint density at radius 1 is 0.880 bits per heavy atom. The number of thioether (sulfide) groups is 1. The van der Waals surface area contributed by atoms with Crippen LogP contribution in [0.1, 0.15) is 11.1 Å². The van der Waals surface area contributed by atoms with Crippen LogP contribution in [-0.4, -0.2) is 12.1 Å². The maximum Gasteiger partial charge on any atom is 0.104 e. The smallest absolute Gasteiger partial charge is 0.104 e. The Bertz CT molecular complexity index is 888. The number of para-hydroxylation sites is 2. The van der Waals surface area contributed by atoms with Gasteiger partial charge in [-0.1, -0.05) is 71.4 Å². The number of benzene rings is 3. The fraction of sp³-hybridized carbons (Fsp3) is 0.0952. The van der Waals surface area contributed by atoms with Crippen LogP contribution in [0.2, 0.25) is 5.02 Å². The van der Waals surface area contributed by atoms with Crippen LogP contribution in [0.3, 0.4) is 0 Å². The van der Waals surface area contributed by atoms with Gasteiger partial charge in [0.25, 0.3) is 0 Å². The number of hydrogen-bond acceptors (Lipinski definition) is 3. The highest BCUT2D eigenvalue weighted by molar-refractivity contribution is 8.14. The summed E-state index contributed by atoms with van der Waals surface area (Å²) in [6.07, 6.45) is 0. The summed E-state index contributed by atoms with van der Waals surface area (Å²) in [6, 6.07) is 24.3. The minimum absolute atomic E-state index is 0.693. The maximum absolute atomic E-state index is 6.29. The van der Waals surface area contributed by atoms with E-state index in [1.807, 2.05) is 49.5 Å². The lowest BCUT2D eigenvalue weighted by Gasteiger charge is -2.14. The molecule has 0 radical (unpaired) electrons. The molecule has 0 aliphatic rings. The highest BCUT2D eigenvalue weighted by atomic mass is 35.5. The average molecular weight is 367 g/mol. The summed E-state index contributed by atoms with van der Waals surface area (Å²) in [5.41, 5.74) is 4.17. The van der Waals surface area contributed by atoms with Gasteiger partial charge in [-0.15, -0.1) is 0 Å². The monoisotopic (exact) mass is 366 g/mol. The van der Waals surface area contributed by atoms with Crippen molar-refractivity contribution in [1.29, 1.82) is 0 Å². The molecule has 25 heavy (non-hydrogen) atoms. The van der Waals surface area contributed by atoms with E-state index in [1.165, 1.54) is 10.5 Å². The van der Waals surface area contributed by atoms with E-state index >= 15 is 0 Å². The Balaban J connectivity index is 1.90. The molecule has 0 saturated heterocycles. The minimum Gasteiger partial charge on any atom is -0.354 e. The second-order valence-electron chi connectivity index (χ2n) is 5.59. The highest BCUT2D eigenvalue weighted by Gasteiger charge is 2.11. The predicted octanol–water partition coefficient (Wildman–Crippen LogP) is 6.56. The normalized spacial score (nSPS) is 11.4. The fourth-order valence-electron chi connectivity index (χ4n) is 2.43.